The summed E-state index contributed by atoms with van der Waals surface area (Å²) in [5, 5.41) is 14.7. The predicted octanol–water partition coefficient (Wildman–Crippen LogP) is 6.74. The second-order valence-electron chi connectivity index (χ2n) is 12.3. The minimum Gasteiger partial charge on any atom is -0.459 e. The number of hydrogen-bond acceptors (Lipinski definition) is 10. The van der Waals surface area contributed by atoms with Crippen molar-refractivity contribution in [2.24, 2.45) is 5.92 Å². The van der Waals surface area contributed by atoms with Gasteiger partial charge in [0.1, 0.15) is 36.6 Å². The van der Waals surface area contributed by atoms with Crippen LogP contribution in [-0.4, -0.2) is 60.2 Å². The number of carbonyl (C=O) groups is 2. The lowest BCUT2D eigenvalue weighted by molar-refractivity contribution is -0.142. The molecule has 2 saturated heterocycles. The Bertz CT molecular complexity index is 1570. The highest BCUT2D eigenvalue weighted by molar-refractivity contribution is 5.99. The van der Waals surface area contributed by atoms with E-state index >= 15 is 0 Å². The molecule has 0 aliphatic carbocycles. The highest BCUT2D eigenvalue weighted by atomic mass is 19.1. The fourth-order valence-electron chi connectivity index (χ4n) is 6.32. The van der Waals surface area contributed by atoms with E-state index in [1.165, 1.54) is 19.1 Å². The Hall–Kier alpha value is -4.58. The van der Waals surface area contributed by atoms with Gasteiger partial charge in [0, 0.05) is 38.6 Å². The van der Waals surface area contributed by atoms with Crippen LogP contribution in [0.3, 0.4) is 0 Å². The second-order valence-corrected chi connectivity index (χ2v) is 12.3. The number of nitrogens with one attached hydrogen (secondary N) is 3. The molecule has 5 rings (SSSR count). The molecule has 3 heterocycles. The van der Waals surface area contributed by atoms with Crippen molar-refractivity contribution >= 4 is 29.4 Å². The summed E-state index contributed by atoms with van der Waals surface area (Å²) in [5.74, 6) is 0.0629. The van der Waals surface area contributed by atoms with Crippen molar-refractivity contribution in [3.05, 3.63) is 82.9 Å². The fraction of sp³-hybridized carbons (Fsp3) is 0.486. The maximum absolute atomic E-state index is 14.6. The maximum Gasteiger partial charge on any atom is 0.407 e. The van der Waals surface area contributed by atoms with Gasteiger partial charge in [-0.25, -0.2) is 19.2 Å². The number of benzene rings is 2. The zero-order valence-corrected chi connectivity index (χ0v) is 29.2. The van der Waals surface area contributed by atoms with E-state index in [2.05, 4.69) is 22.5 Å². The van der Waals surface area contributed by atoms with Crippen LogP contribution in [0.25, 0.3) is 0 Å². The summed E-state index contributed by atoms with van der Waals surface area (Å²) >= 11 is 0. The van der Waals surface area contributed by atoms with Crippen LogP contribution in [0.2, 0.25) is 0 Å². The molecule has 3 unspecified atom stereocenters. The topological polar surface area (TPSA) is 139 Å². The highest BCUT2D eigenvalue weighted by Crippen LogP contribution is 2.41. The van der Waals surface area contributed by atoms with Gasteiger partial charge in [-0.1, -0.05) is 63.2 Å². The number of piperidine rings is 1. The normalized spacial score (nSPS) is 20.3. The van der Waals surface area contributed by atoms with Crippen molar-refractivity contribution in [3.8, 4) is 0 Å². The van der Waals surface area contributed by atoms with Crippen LogP contribution in [0.1, 0.15) is 82.8 Å². The first-order chi connectivity index (χ1) is 23.6. The van der Waals surface area contributed by atoms with Gasteiger partial charge in [-0.3, -0.25) is 4.79 Å². The zero-order valence-electron chi connectivity index (χ0n) is 29.2. The lowest BCUT2D eigenvalue weighted by Crippen LogP contribution is -2.54. The number of nitrogens with zero attached hydrogens (tertiary/aromatic N) is 3. The molecule has 49 heavy (non-hydrogen) atoms. The Kier molecular flexibility index (Phi) is 13.5. The van der Waals surface area contributed by atoms with Gasteiger partial charge < -0.3 is 35.2 Å². The molecule has 0 spiro atoms. The summed E-state index contributed by atoms with van der Waals surface area (Å²) in [6.45, 7) is 10.9. The molecule has 2 aromatic carbocycles. The van der Waals surface area contributed by atoms with Crippen molar-refractivity contribution in [2.75, 3.05) is 36.5 Å². The van der Waals surface area contributed by atoms with E-state index in [-0.39, 0.29) is 43.4 Å². The molecule has 0 radical (unpaired) electrons. The molecule has 2 fully saturated rings. The van der Waals surface area contributed by atoms with Crippen molar-refractivity contribution in [3.63, 3.8) is 0 Å². The summed E-state index contributed by atoms with van der Waals surface area (Å²) in [7, 11) is 0. The van der Waals surface area contributed by atoms with Crippen LogP contribution < -0.4 is 15.5 Å². The number of hydrogen-bond donors (Lipinski definition) is 3. The van der Waals surface area contributed by atoms with Crippen molar-refractivity contribution < 1.29 is 28.2 Å². The lowest BCUT2D eigenvalue weighted by Gasteiger charge is -2.47. The molecule has 3 N–H and O–H groups in total. The molecule has 3 aromatic rings. The molecular formula is C37H49FN6O5. The van der Waals surface area contributed by atoms with Gasteiger partial charge in [0.2, 0.25) is 0 Å². The number of alkyl carbamates (subject to hydrolysis) is 1. The summed E-state index contributed by atoms with van der Waals surface area (Å²) in [6.07, 6.45) is 2.56. The first-order valence-electron chi connectivity index (χ1n) is 17.1. The van der Waals surface area contributed by atoms with Crippen molar-refractivity contribution in [2.45, 2.75) is 85.2 Å². The van der Waals surface area contributed by atoms with Gasteiger partial charge in [0.05, 0.1) is 5.71 Å². The standard InChI is InChI=1S/C35H43FN6O5.C2H6/c1-23-19-42(33-29(21-46-25(3)43)39-31(24(2)37)32(41-33)40-30-14-7-8-17-45-30)16-15-35(23,27-12-9-13-28(36)18-27)22-38-34(44)47-20-26-10-5-4-6-11-26;1-2/h4-6,9-13,18,23,30,37H,7-8,14-17,19-22H2,1-3H3,(H,38,44)(H,40,41);1-2H3. The summed E-state index contributed by atoms with van der Waals surface area (Å²) in [5.41, 5.74) is 2.06. The molecule has 2 aliphatic rings. The third kappa shape index (κ3) is 9.75. The monoisotopic (exact) mass is 676 g/mol. The number of anilines is 2. The zero-order chi connectivity index (χ0) is 35.4. The van der Waals surface area contributed by atoms with E-state index in [0.29, 0.717) is 49.1 Å². The maximum atomic E-state index is 14.6. The van der Waals surface area contributed by atoms with Crippen LogP contribution in [0.15, 0.2) is 54.6 Å². The average Bonchev–Trinajstić information content (AvgIpc) is 3.11. The van der Waals surface area contributed by atoms with E-state index in [4.69, 9.17) is 29.6 Å². The number of carbonyl (C=O) groups excluding carboxylic acids is 2. The van der Waals surface area contributed by atoms with Crippen LogP contribution in [0.5, 0.6) is 0 Å². The van der Waals surface area contributed by atoms with Crippen LogP contribution >= 0.6 is 0 Å². The van der Waals surface area contributed by atoms with E-state index in [9.17, 15) is 14.0 Å². The first-order valence-corrected chi connectivity index (χ1v) is 17.1. The first kappa shape index (κ1) is 37.2. The van der Waals surface area contributed by atoms with E-state index in [1.807, 2.05) is 50.2 Å². The second kappa shape index (κ2) is 17.7. The van der Waals surface area contributed by atoms with E-state index < -0.39 is 17.5 Å². The Morgan fingerprint density at radius 3 is 2.49 bits per heavy atom. The number of amides is 1. The van der Waals surface area contributed by atoms with Gasteiger partial charge >= 0.3 is 12.1 Å². The van der Waals surface area contributed by atoms with Crippen LogP contribution in [0.4, 0.5) is 20.8 Å². The number of rotatable bonds is 11. The van der Waals surface area contributed by atoms with Gasteiger partial charge in [0.25, 0.3) is 0 Å². The van der Waals surface area contributed by atoms with Crippen LogP contribution in [-0.2, 0) is 37.6 Å². The molecule has 0 bridgehead atoms. The van der Waals surface area contributed by atoms with Crippen LogP contribution in [0, 0.1) is 17.1 Å². The molecule has 1 amide bonds. The quantitative estimate of drug-likeness (QED) is 0.149. The molecule has 3 atom stereocenters. The van der Waals surface area contributed by atoms with Gasteiger partial charge in [-0.2, -0.15) is 0 Å². The summed E-state index contributed by atoms with van der Waals surface area (Å²) in [4.78, 5) is 36.5. The smallest absolute Gasteiger partial charge is 0.407 e. The van der Waals surface area contributed by atoms with E-state index in [0.717, 1.165) is 30.4 Å². The molecule has 11 nitrogen and oxygen atoms in total. The van der Waals surface area contributed by atoms with Gasteiger partial charge in [0.15, 0.2) is 11.6 Å². The van der Waals surface area contributed by atoms with Gasteiger partial charge in [-0.05, 0) is 61.8 Å². The number of aromatic nitrogens is 2. The average molecular weight is 677 g/mol. The van der Waals surface area contributed by atoms with E-state index in [1.54, 1.807) is 13.0 Å². The number of halogens is 1. The molecule has 2 aliphatic heterocycles. The molecule has 12 heteroatoms. The Labute approximate surface area is 288 Å². The third-order valence-electron chi connectivity index (χ3n) is 8.92. The molecule has 264 valence electrons. The minimum absolute atomic E-state index is 0.0990. The predicted molar refractivity (Wildman–Crippen MR) is 187 cm³/mol. The Morgan fingerprint density at radius 1 is 1.06 bits per heavy atom. The summed E-state index contributed by atoms with van der Waals surface area (Å²) < 4.78 is 31.3. The Balaban J connectivity index is 0.00000265. The molecule has 1 aromatic heterocycles. The largest absolute Gasteiger partial charge is 0.459 e. The number of esters is 1. The number of ether oxygens (including phenoxy) is 3. The summed E-state index contributed by atoms with van der Waals surface area (Å²) in [6, 6.07) is 16.0. The Morgan fingerprint density at radius 2 is 1.84 bits per heavy atom. The van der Waals surface area contributed by atoms with Crippen molar-refractivity contribution in [1.82, 2.24) is 15.3 Å². The minimum atomic E-state index is -0.615. The highest BCUT2D eigenvalue weighted by Gasteiger charge is 2.43. The third-order valence-corrected chi connectivity index (χ3v) is 8.92. The SMILES string of the molecule is CC.CC(=N)c1nc(COC(C)=O)c(N2CCC(CNC(=O)OCc3ccccc3)(c3cccc(F)c3)C(C)C2)nc1NC1CCCCO1. The molecular weight excluding hydrogens is 627 g/mol. The van der Waals surface area contributed by atoms with Crippen molar-refractivity contribution in [1.29, 1.82) is 5.41 Å². The van der Waals surface area contributed by atoms with Gasteiger partial charge in [-0.15, -0.1) is 0 Å². The lowest BCUT2D eigenvalue weighted by atomic mass is 9.66. The fourth-order valence-corrected chi connectivity index (χ4v) is 6.32. The molecule has 0 saturated carbocycles.